The molecule has 1 fully saturated rings. The van der Waals surface area contributed by atoms with E-state index in [4.69, 9.17) is 0 Å². The highest BCUT2D eigenvalue weighted by Crippen LogP contribution is 2.29. The fourth-order valence-electron chi connectivity index (χ4n) is 3.03. The van der Waals surface area contributed by atoms with Crippen molar-refractivity contribution in [2.24, 2.45) is 0 Å². The molecule has 8 nitrogen and oxygen atoms in total. The largest absolute Gasteiger partial charge is 0.374 e. The van der Waals surface area contributed by atoms with E-state index in [1.807, 2.05) is 18.2 Å². The minimum absolute atomic E-state index is 0.0592. The summed E-state index contributed by atoms with van der Waals surface area (Å²) in [7, 11) is 0. The number of hydrogen-bond acceptors (Lipinski definition) is 5. The van der Waals surface area contributed by atoms with Gasteiger partial charge in [0.25, 0.3) is 5.69 Å². The Morgan fingerprint density at radius 2 is 2.00 bits per heavy atom. The van der Waals surface area contributed by atoms with Crippen molar-refractivity contribution in [3.05, 3.63) is 58.1 Å². The number of nitrogens with one attached hydrogen (secondary N) is 2. The van der Waals surface area contributed by atoms with Crippen molar-refractivity contribution in [2.75, 3.05) is 28.6 Å². The molecule has 0 unspecified atom stereocenters. The Balaban J connectivity index is 1.69. The highest BCUT2D eigenvalue weighted by molar-refractivity contribution is 6.00. The lowest BCUT2D eigenvalue weighted by atomic mass is 10.2. The predicted molar refractivity (Wildman–Crippen MR) is 103 cm³/mol. The van der Waals surface area contributed by atoms with Crippen LogP contribution in [0, 0.1) is 17.0 Å². The molecule has 0 atom stereocenters. The Morgan fingerprint density at radius 3 is 2.70 bits per heavy atom. The molecule has 2 aromatic carbocycles. The van der Waals surface area contributed by atoms with Gasteiger partial charge in [-0.1, -0.05) is 18.2 Å². The molecule has 0 bridgehead atoms. The SMILES string of the molecule is Cc1ccc(NC(=O)CNc2ccccc2N2CCCC2=O)c([N+](=O)[O-])c1. The maximum absolute atomic E-state index is 12.3. The number of aryl methyl sites for hydroxylation is 1. The minimum atomic E-state index is -0.523. The van der Waals surface area contributed by atoms with Gasteiger partial charge in [0, 0.05) is 19.0 Å². The molecule has 2 aromatic rings. The van der Waals surface area contributed by atoms with E-state index >= 15 is 0 Å². The zero-order valence-corrected chi connectivity index (χ0v) is 14.9. The number of para-hydroxylation sites is 2. The molecule has 0 spiro atoms. The summed E-state index contributed by atoms with van der Waals surface area (Å²) >= 11 is 0. The van der Waals surface area contributed by atoms with Gasteiger partial charge in [-0.15, -0.1) is 0 Å². The highest BCUT2D eigenvalue weighted by Gasteiger charge is 2.24. The summed E-state index contributed by atoms with van der Waals surface area (Å²) in [6.45, 7) is 2.32. The quantitative estimate of drug-likeness (QED) is 0.602. The van der Waals surface area contributed by atoms with E-state index in [2.05, 4.69) is 10.6 Å². The van der Waals surface area contributed by atoms with Crippen LogP contribution in [0.5, 0.6) is 0 Å². The van der Waals surface area contributed by atoms with Crippen LogP contribution in [0.3, 0.4) is 0 Å². The van der Waals surface area contributed by atoms with Crippen molar-refractivity contribution in [3.63, 3.8) is 0 Å². The Hall–Kier alpha value is -3.42. The monoisotopic (exact) mass is 368 g/mol. The first-order valence-electron chi connectivity index (χ1n) is 8.64. The third kappa shape index (κ3) is 4.22. The Kier molecular flexibility index (Phi) is 5.35. The van der Waals surface area contributed by atoms with Crippen molar-refractivity contribution in [2.45, 2.75) is 19.8 Å². The lowest BCUT2D eigenvalue weighted by Gasteiger charge is -2.20. The maximum atomic E-state index is 12.3. The van der Waals surface area contributed by atoms with Gasteiger partial charge in [-0.2, -0.15) is 0 Å². The fraction of sp³-hybridized carbons (Fsp3) is 0.263. The van der Waals surface area contributed by atoms with Crippen molar-refractivity contribution >= 4 is 34.6 Å². The summed E-state index contributed by atoms with van der Waals surface area (Å²) in [5, 5.41) is 16.7. The number of amides is 2. The maximum Gasteiger partial charge on any atom is 0.293 e. The number of hydrogen-bond donors (Lipinski definition) is 2. The average Bonchev–Trinajstić information content (AvgIpc) is 3.07. The van der Waals surface area contributed by atoms with E-state index in [9.17, 15) is 19.7 Å². The van der Waals surface area contributed by atoms with Gasteiger partial charge in [0.15, 0.2) is 0 Å². The van der Waals surface area contributed by atoms with Crippen molar-refractivity contribution < 1.29 is 14.5 Å². The van der Waals surface area contributed by atoms with Crippen molar-refractivity contribution in [1.82, 2.24) is 0 Å². The fourth-order valence-corrected chi connectivity index (χ4v) is 3.03. The molecule has 1 aliphatic rings. The van der Waals surface area contributed by atoms with Crippen LogP contribution in [0.15, 0.2) is 42.5 Å². The zero-order valence-electron chi connectivity index (χ0n) is 14.9. The number of nitrogens with zero attached hydrogens (tertiary/aromatic N) is 2. The molecular formula is C19H20N4O4. The molecule has 1 aliphatic heterocycles. The van der Waals surface area contributed by atoms with E-state index in [1.165, 1.54) is 12.1 Å². The highest BCUT2D eigenvalue weighted by atomic mass is 16.6. The van der Waals surface area contributed by atoms with Crippen LogP contribution < -0.4 is 15.5 Å². The molecule has 140 valence electrons. The topological polar surface area (TPSA) is 105 Å². The van der Waals surface area contributed by atoms with Crippen LogP contribution in [-0.2, 0) is 9.59 Å². The van der Waals surface area contributed by atoms with Gasteiger partial charge in [-0.05, 0) is 37.1 Å². The van der Waals surface area contributed by atoms with Crippen LogP contribution in [-0.4, -0.2) is 29.8 Å². The van der Waals surface area contributed by atoms with Crippen molar-refractivity contribution in [1.29, 1.82) is 0 Å². The van der Waals surface area contributed by atoms with E-state index < -0.39 is 10.8 Å². The van der Waals surface area contributed by atoms with E-state index in [1.54, 1.807) is 24.0 Å². The van der Waals surface area contributed by atoms with Crippen LogP contribution in [0.2, 0.25) is 0 Å². The summed E-state index contributed by atoms with van der Waals surface area (Å²) in [6.07, 6.45) is 1.33. The number of nitro benzene ring substituents is 1. The summed E-state index contributed by atoms with van der Waals surface area (Å²) in [6, 6.07) is 11.9. The molecule has 1 heterocycles. The first kappa shape index (κ1) is 18.4. The van der Waals surface area contributed by atoms with Gasteiger partial charge in [-0.25, -0.2) is 0 Å². The number of benzene rings is 2. The molecule has 0 aromatic heterocycles. The second-order valence-electron chi connectivity index (χ2n) is 6.35. The zero-order chi connectivity index (χ0) is 19.4. The Morgan fingerprint density at radius 1 is 1.22 bits per heavy atom. The van der Waals surface area contributed by atoms with Crippen LogP contribution >= 0.6 is 0 Å². The summed E-state index contributed by atoms with van der Waals surface area (Å²) in [5.41, 5.74) is 2.14. The molecule has 2 N–H and O–H groups in total. The third-order valence-electron chi connectivity index (χ3n) is 4.33. The second kappa shape index (κ2) is 7.86. The van der Waals surface area contributed by atoms with Gasteiger partial charge < -0.3 is 15.5 Å². The molecule has 0 saturated carbocycles. The molecule has 2 amide bonds. The summed E-state index contributed by atoms with van der Waals surface area (Å²) < 4.78 is 0. The number of carbonyl (C=O) groups excluding carboxylic acids is 2. The lowest BCUT2D eigenvalue weighted by Crippen LogP contribution is -2.26. The Bertz CT molecular complexity index is 897. The molecule has 1 saturated heterocycles. The second-order valence-corrected chi connectivity index (χ2v) is 6.35. The average molecular weight is 368 g/mol. The third-order valence-corrected chi connectivity index (χ3v) is 4.33. The lowest BCUT2D eigenvalue weighted by molar-refractivity contribution is -0.384. The molecule has 27 heavy (non-hydrogen) atoms. The molecule has 3 rings (SSSR count). The van der Waals surface area contributed by atoms with E-state index in [0.717, 1.165) is 17.7 Å². The summed E-state index contributed by atoms with van der Waals surface area (Å²) in [4.78, 5) is 36.6. The number of rotatable bonds is 6. The van der Waals surface area contributed by atoms with Crippen molar-refractivity contribution in [3.8, 4) is 0 Å². The molecule has 8 heteroatoms. The molecule has 0 radical (unpaired) electrons. The van der Waals surface area contributed by atoms with Crippen LogP contribution in [0.1, 0.15) is 18.4 Å². The number of anilines is 3. The van der Waals surface area contributed by atoms with Crippen LogP contribution in [0.25, 0.3) is 0 Å². The van der Waals surface area contributed by atoms with Gasteiger partial charge in [0.1, 0.15) is 5.69 Å². The Labute approximate surface area is 156 Å². The smallest absolute Gasteiger partial charge is 0.293 e. The van der Waals surface area contributed by atoms with Gasteiger partial charge in [0.2, 0.25) is 11.8 Å². The van der Waals surface area contributed by atoms with Crippen LogP contribution in [0.4, 0.5) is 22.7 Å². The van der Waals surface area contributed by atoms with E-state index in [0.29, 0.717) is 18.7 Å². The minimum Gasteiger partial charge on any atom is -0.374 e. The van der Waals surface area contributed by atoms with Gasteiger partial charge in [0.05, 0.1) is 22.8 Å². The predicted octanol–water partition coefficient (Wildman–Crippen LogP) is 3.08. The first-order chi connectivity index (χ1) is 13.0. The van der Waals surface area contributed by atoms with Gasteiger partial charge in [-0.3, -0.25) is 19.7 Å². The first-order valence-corrected chi connectivity index (χ1v) is 8.64. The molecular weight excluding hydrogens is 348 g/mol. The van der Waals surface area contributed by atoms with Gasteiger partial charge >= 0.3 is 0 Å². The standard InChI is InChI=1S/C19H20N4O4/c1-13-8-9-15(17(11-13)23(26)27)21-18(24)12-20-14-5-2-3-6-16(14)22-10-4-7-19(22)25/h2-3,5-6,8-9,11,20H,4,7,10,12H2,1H3,(H,21,24). The van der Waals surface area contributed by atoms with E-state index in [-0.39, 0.29) is 23.8 Å². The number of carbonyl (C=O) groups is 2. The number of nitro groups is 1. The summed E-state index contributed by atoms with van der Waals surface area (Å²) in [5.74, 6) is -0.353. The molecule has 0 aliphatic carbocycles. The normalized spacial score (nSPS) is 13.5.